The lowest BCUT2D eigenvalue weighted by Crippen LogP contribution is -2.60. The molecule has 2 unspecified atom stereocenters. The molecule has 0 spiro atoms. The largest absolute Gasteiger partial charge is 0.297 e. The Balaban J connectivity index is 1.57. The summed E-state index contributed by atoms with van der Waals surface area (Å²) in [6, 6.07) is 10.4. The molecule has 7 heteroatoms. The van der Waals surface area contributed by atoms with Crippen LogP contribution in [0.2, 0.25) is 0 Å². The number of carbonyl (C=O) groups excluding carboxylic acids is 4. The molecule has 0 radical (unpaired) electrons. The summed E-state index contributed by atoms with van der Waals surface area (Å²) in [5.41, 5.74) is 2.04. The molecule has 6 nitrogen and oxygen atoms in total. The van der Waals surface area contributed by atoms with Gasteiger partial charge in [0.25, 0.3) is 0 Å². The topological polar surface area (TPSA) is 74.8 Å². The Morgan fingerprint density at radius 3 is 2.52 bits per heavy atom. The molecular weight excluding hydrogens is 388 g/mol. The number of nitrogens with zero attached hydrogens (tertiary/aromatic N) is 2. The molecule has 2 amide bonds. The summed E-state index contributed by atoms with van der Waals surface area (Å²) in [7, 11) is 1.50. The summed E-state index contributed by atoms with van der Waals surface area (Å²) in [5, 5.41) is 1.83. The van der Waals surface area contributed by atoms with E-state index in [-0.39, 0.29) is 29.4 Å². The third-order valence-corrected chi connectivity index (χ3v) is 8.09. The molecule has 1 aromatic carbocycles. The van der Waals surface area contributed by atoms with Crippen LogP contribution >= 0.6 is 11.3 Å². The van der Waals surface area contributed by atoms with Gasteiger partial charge in [0.15, 0.2) is 11.6 Å². The highest BCUT2D eigenvalue weighted by Crippen LogP contribution is 2.57. The van der Waals surface area contributed by atoms with Crippen molar-refractivity contribution in [3.05, 3.63) is 57.8 Å². The summed E-state index contributed by atoms with van der Waals surface area (Å²) >= 11 is 1.33. The van der Waals surface area contributed by atoms with Crippen LogP contribution in [0.15, 0.2) is 41.8 Å². The van der Waals surface area contributed by atoms with Crippen LogP contribution in [-0.2, 0) is 20.9 Å². The maximum absolute atomic E-state index is 13.7. The van der Waals surface area contributed by atoms with Crippen molar-refractivity contribution < 1.29 is 19.2 Å². The number of hydrogen-bond acceptors (Lipinski definition) is 6. The highest BCUT2D eigenvalue weighted by molar-refractivity contribution is 7.12. The fraction of sp³-hybridized carbons (Fsp3) is 0.364. The second-order valence-corrected chi connectivity index (χ2v) is 9.29. The first-order valence-electron chi connectivity index (χ1n) is 9.77. The molecule has 5 heterocycles. The maximum atomic E-state index is 13.7. The van der Waals surface area contributed by atoms with Crippen molar-refractivity contribution in [2.45, 2.75) is 24.5 Å². The third-order valence-electron chi connectivity index (χ3n) is 7.21. The molecule has 0 N–H and O–H groups in total. The monoisotopic (exact) mass is 406 g/mol. The van der Waals surface area contributed by atoms with Crippen molar-refractivity contribution >= 4 is 34.7 Å². The summed E-state index contributed by atoms with van der Waals surface area (Å²) in [6.45, 7) is 0.533. The SMILES string of the molecule is CN1C(=O)[C@@H]2[C@H](C1=O)[C@H]1C(=O)[C@H](C(=O)c3cccs3)C3c4ccccc4CN1[C@H]32. The van der Waals surface area contributed by atoms with Gasteiger partial charge in [-0.15, -0.1) is 11.3 Å². The Morgan fingerprint density at radius 1 is 1.00 bits per heavy atom. The van der Waals surface area contributed by atoms with Gasteiger partial charge in [0.2, 0.25) is 11.8 Å². The summed E-state index contributed by atoms with van der Waals surface area (Å²) in [6.07, 6.45) is 0. The van der Waals surface area contributed by atoms with Crippen molar-refractivity contribution in [3.8, 4) is 0 Å². The van der Waals surface area contributed by atoms with Gasteiger partial charge in [-0.05, 0) is 22.6 Å². The van der Waals surface area contributed by atoms with Gasteiger partial charge in [0.05, 0.1) is 28.7 Å². The lowest BCUT2D eigenvalue weighted by Gasteiger charge is -2.48. The molecule has 3 fully saturated rings. The molecule has 29 heavy (non-hydrogen) atoms. The normalized spacial score (nSPS) is 36.9. The molecule has 6 rings (SSSR count). The number of amides is 2. The molecule has 0 aliphatic carbocycles. The van der Waals surface area contributed by atoms with Crippen molar-refractivity contribution in [2.75, 3.05) is 7.05 Å². The van der Waals surface area contributed by atoms with Crippen LogP contribution in [0.5, 0.6) is 0 Å². The Hall–Kier alpha value is -2.64. The third kappa shape index (κ3) is 1.99. The second kappa shape index (κ2) is 5.70. The number of Topliss-reactive ketones (excluding diaryl/α,β-unsaturated/α-hetero) is 2. The van der Waals surface area contributed by atoms with Crippen LogP contribution in [0.25, 0.3) is 0 Å². The van der Waals surface area contributed by atoms with Crippen molar-refractivity contribution in [2.24, 2.45) is 17.8 Å². The van der Waals surface area contributed by atoms with E-state index in [9.17, 15) is 19.2 Å². The van der Waals surface area contributed by atoms with Crippen molar-refractivity contribution in [1.29, 1.82) is 0 Å². The average Bonchev–Trinajstić information content (AvgIpc) is 3.39. The Bertz CT molecular complexity index is 1090. The minimum absolute atomic E-state index is 0.186. The molecule has 2 aromatic rings. The Morgan fingerprint density at radius 2 is 1.76 bits per heavy atom. The van der Waals surface area contributed by atoms with E-state index >= 15 is 0 Å². The first-order valence-corrected chi connectivity index (χ1v) is 10.6. The molecule has 4 bridgehead atoms. The quantitative estimate of drug-likeness (QED) is 0.431. The van der Waals surface area contributed by atoms with E-state index in [1.165, 1.54) is 23.3 Å². The number of piperidine rings is 1. The van der Waals surface area contributed by atoms with Gasteiger partial charge in [-0.1, -0.05) is 30.3 Å². The second-order valence-electron chi connectivity index (χ2n) is 8.34. The summed E-state index contributed by atoms with van der Waals surface area (Å²) in [5.74, 6) is -3.39. The minimum Gasteiger partial charge on any atom is -0.297 e. The summed E-state index contributed by atoms with van der Waals surface area (Å²) in [4.78, 5) is 56.8. The van der Waals surface area contributed by atoms with Crippen LogP contribution in [0.3, 0.4) is 0 Å². The van der Waals surface area contributed by atoms with Gasteiger partial charge < -0.3 is 0 Å². The van der Waals surface area contributed by atoms with E-state index in [0.29, 0.717) is 11.4 Å². The molecule has 7 atom stereocenters. The highest BCUT2D eigenvalue weighted by atomic mass is 32.1. The highest BCUT2D eigenvalue weighted by Gasteiger charge is 2.71. The zero-order chi connectivity index (χ0) is 20.0. The number of rotatable bonds is 2. The van der Waals surface area contributed by atoms with Crippen LogP contribution < -0.4 is 0 Å². The molecule has 3 saturated heterocycles. The number of imide groups is 1. The molecule has 4 aliphatic heterocycles. The number of thiophene rings is 1. The fourth-order valence-electron chi connectivity index (χ4n) is 6.11. The number of fused-ring (bicyclic) bond motifs is 4. The number of hydrogen-bond donors (Lipinski definition) is 0. The number of ketones is 2. The van der Waals surface area contributed by atoms with E-state index in [1.54, 1.807) is 12.1 Å². The Labute approximate surface area is 171 Å². The zero-order valence-corrected chi connectivity index (χ0v) is 16.5. The van der Waals surface area contributed by atoms with E-state index in [2.05, 4.69) is 0 Å². The zero-order valence-electron chi connectivity index (χ0n) is 15.6. The first-order chi connectivity index (χ1) is 14.0. The van der Waals surface area contributed by atoms with Gasteiger partial charge in [-0.3, -0.25) is 29.0 Å². The van der Waals surface area contributed by atoms with E-state index < -0.39 is 29.7 Å². The van der Waals surface area contributed by atoms with Gasteiger partial charge in [-0.25, -0.2) is 0 Å². The van der Waals surface area contributed by atoms with E-state index in [0.717, 1.165) is 11.1 Å². The number of likely N-dealkylation sites (tertiary alicyclic amines) is 1. The minimum atomic E-state index is -0.849. The maximum Gasteiger partial charge on any atom is 0.234 e. The molecule has 0 saturated carbocycles. The first kappa shape index (κ1) is 17.2. The fourth-order valence-corrected chi connectivity index (χ4v) is 6.81. The predicted molar refractivity (Wildman–Crippen MR) is 104 cm³/mol. The van der Waals surface area contributed by atoms with E-state index in [1.807, 2.05) is 34.5 Å². The van der Waals surface area contributed by atoms with Crippen LogP contribution in [0.1, 0.15) is 26.7 Å². The molecule has 1 aromatic heterocycles. The van der Waals surface area contributed by atoms with E-state index in [4.69, 9.17) is 0 Å². The predicted octanol–water partition coefficient (Wildman–Crippen LogP) is 1.71. The van der Waals surface area contributed by atoms with Crippen molar-refractivity contribution in [3.63, 3.8) is 0 Å². The van der Waals surface area contributed by atoms with Gasteiger partial charge in [0, 0.05) is 25.6 Å². The average molecular weight is 406 g/mol. The van der Waals surface area contributed by atoms with Gasteiger partial charge in [0.1, 0.15) is 0 Å². The lowest BCUT2D eigenvalue weighted by atomic mass is 9.68. The molecular formula is C22H18N2O4S. The standard InChI is InChI=1S/C22H18N2O4S/c1-23-21(27)14-15(22(23)28)18-20(26)16(19(25)12-7-4-8-29-12)13-11-6-3-2-5-10(11)9-24(18)17(13)14/h2-8,13-18H,9H2,1H3/t13?,14-,15+,16+,17-,18+/m1/s1. The molecule has 146 valence electrons. The van der Waals surface area contributed by atoms with Gasteiger partial charge >= 0.3 is 0 Å². The van der Waals surface area contributed by atoms with Crippen LogP contribution in [-0.4, -0.2) is 52.3 Å². The van der Waals surface area contributed by atoms with Gasteiger partial charge in [-0.2, -0.15) is 0 Å². The van der Waals surface area contributed by atoms with Crippen molar-refractivity contribution in [1.82, 2.24) is 9.80 Å². The molecule has 4 aliphatic rings. The van der Waals surface area contributed by atoms with Crippen LogP contribution in [0, 0.1) is 17.8 Å². The Kier molecular flexibility index (Phi) is 3.39. The van der Waals surface area contributed by atoms with Crippen LogP contribution in [0.4, 0.5) is 0 Å². The lowest BCUT2D eigenvalue weighted by molar-refractivity contribution is -0.145. The number of carbonyl (C=O) groups is 4. The summed E-state index contributed by atoms with van der Waals surface area (Å²) < 4.78 is 0. The smallest absolute Gasteiger partial charge is 0.234 e. The number of benzene rings is 1.